The largest absolute Gasteiger partial charge is 0.496 e. The number of benzene rings is 2. The average molecular weight is 307 g/mol. The second-order valence-electron chi connectivity index (χ2n) is 4.73. The van der Waals surface area contributed by atoms with Crippen LogP contribution >= 0.6 is 11.6 Å². The summed E-state index contributed by atoms with van der Waals surface area (Å²) in [5.41, 5.74) is 5.71. The highest BCUT2D eigenvalue weighted by molar-refractivity contribution is 6.30. The normalized spacial score (nSPS) is 12.0. The van der Waals surface area contributed by atoms with Crippen molar-refractivity contribution < 1.29 is 9.47 Å². The van der Waals surface area contributed by atoms with Crippen LogP contribution in [0.1, 0.15) is 22.7 Å². The first-order chi connectivity index (χ1) is 10.1. The van der Waals surface area contributed by atoms with Crippen molar-refractivity contribution in [1.29, 1.82) is 0 Å². The van der Waals surface area contributed by atoms with Gasteiger partial charge in [0.05, 0.1) is 20.3 Å². The zero-order valence-electron chi connectivity index (χ0n) is 12.3. The molecule has 0 aromatic heterocycles. The zero-order chi connectivity index (χ0) is 15.4. The van der Waals surface area contributed by atoms with Gasteiger partial charge < -0.3 is 9.47 Å². The molecule has 0 saturated heterocycles. The highest BCUT2D eigenvalue weighted by Crippen LogP contribution is 2.36. The monoisotopic (exact) mass is 306 g/mol. The summed E-state index contributed by atoms with van der Waals surface area (Å²) >= 11 is 6.11. The number of rotatable bonds is 5. The van der Waals surface area contributed by atoms with Gasteiger partial charge in [-0.3, -0.25) is 5.84 Å². The molecule has 0 aliphatic carbocycles. The van der Waals surface area contributed by atoms with E-state index in [1.165, 1.54) is 0 Å². The van der Waals surface area contributed by atoms with Gasteiger partial charge in [0.15, 0.2) is 0 Å². The molecule has 0 aliphatic rings. The third-order valence-electron chi connectivity index (χ3n) is 3.37. The molecule has 2 rings (SSSR count). The number of ether oxygens (including phenoxy) is 2. The Morgan fingerprint density at radius 2 is 1.71 bits per heavy atom. The Bertz CT molecular complexity index is 632. The number of aryl methyl sites for hydroxylation is 1. The number of halogens is 1. The molecule has 2 aromatic carbocycles. The minimum Gasteiger partial charge on any atom is -0.496 e. The molecule has 1 atom stereocenters. The number of hydrogen-bond donors (Lipinski definition) is 2. The molecular weight excluding hydrogens is 288 g/mol. The maximum atomic E-state index is 6.11. The first kappa shape index (κ1) is 15.6. The highest BCUT2D eigenvalue weighted by Gasteiger charge is 2.21. The van der Waals surface area contributed by atoms with E-state index in [4.69, 9.17) is 26.9 Å². The molecule has 0 spiro atoms. The van der Waals surface area contributed by atoms with Gasteiger partial charge in [-0.05, 0) is 36.8 Å². The molecule has 4 nitrogen and oxygen atoms in total. The summed E-state index contributed by atoms with van der Waals surface area (Å²) in [7, 11) is 3.26. The zero-order valence-corrected chi connectivity index (χ0v) is 13.1. The van der Waals surface area contributed by atoms with E-state index < -0.39 is 0 Å². The van der Waals surface area contributed by atoms with Crippen molar-refractivity contribution >= 4 is 11.6 Å². The maximum Gasteiger partial charge on any atom is 0.124 e. The summed E-state index contributed by atoms with van der Waals surface area (Å²) in [4.78, 5) is 0. The van der Waals surface area contributed by atoms with Crippen LogP contribution < -0.4 is 20.7 Å². The average Bonchev–Trinajstić information content (AvgIpc) is 2.49. The van der Waals surface area contributed by atoms with Crippen molar-refractivity contribution in [2.75, 3.05) is 14.2 Å². The lowest BCUT2D eigenvalue weighted by atomic mass is 9.96. The fourth-order valence-electron chi connectivity index (χ4n) is 2.33. The Morgan fingerprint density at radius 1 is 1.00 bits per heavy atom. The lowest BCUT2D eigenvalue weighted by Gasteiger charge is -2.22. The van der Waals surface area contributed by atoms with Crippen LogP contribution in [0.3, 0.4) is 0 Å². The van der Waals surface area contributed by atoms with E-state index in [0.29, 0.717) is 10.8 Å². The highest BCUT2D eigenvalue weighted by atomic mass is 35.5. The van der Waals surface area contributed by atoms with Crippen molar-refractivity contribution in [3.05, 3.63) is 58.1 Å². The minimum absolute atomic E-state index is 0.283. The van der Waals surface area contributed by atoms with Crippen LogP contribution in [0.15, 0.2) is 36.4 Å². The number of methoxy groups -OCH3 is 2. The Morgan fingerprint density at radius 3 is 2.33 bits per heavy atom. The number of nitrogens with one attached hydrogen (secondary N) is 1. The molecular formula is C16H19ClN2O2. The first-order valence-corrected chi connectivity index (χ1v) is 6.92. The van der Waals surface area contributed by atoms with Gasteiger partial charge in [-0.1, -0.05) is 23.7 Å². The van der Waals surface area contributed by atoms with Crippen LogP contribution in [0, 0.1) is 6.92 Å². The fraction of sp³-hybridized carbons (Fsp3) is 0.250. The predicted octanol–water partition coefficient (Wildman–Crippen LogP) is 3.22. The van der Waals surface area contributed by atoms with Crippen LogP contribution in [0.4, 0.5) is 0 Å². The second-order valence-corrected chi connectivity index (χ2v) is 5.17. The molecule has 0 amide bonds. The van der Waals surface area contributed by atoms with E-state index in [1.54, 1.807) is 20.3 Å². The van der Waals surface area contributed by atoms with E-state index in [-0.39, 0.29) is 6.04 Å². The van der Waals surface area contributed by atoms with Crippen LogP contribution in [-0.2, 0) is 0 Å². The number of nitrogens with two attached hydrogens (primary N) is 1. The minimum atomic E-state index is -0.283. The smallest absolute Gasteiger partial charge is 0.124 e. The summed E-state index contributed by atoms with van der Waals surface area (Å²) < 4.78 is 10.9. The molecule has 0 radical (unpaired) electrons. The number of hydrogen-bond acceptors (Lipinski definition) is 4. The van der Waals surface area contributed by atoms with E-state index in [0.717, 1.165) is 22.4 Å². The van der Waals surface area contributed by atoms with E-state index in [2.05, 4.69) is 5.43 Å². The lowest BCUT2D eigenvalue weighted by Crippen LogP contribution is -2.29. The lowest BCUT2D eigenvalue weighted by molar-refractivity contribution is 0.394. The predicted molar refractivity (Wildman–Crippen MR) is 84.9 cm³/mol. The summed E-state index contributed by atoms with van der Waals surface area (Å²) in [5, 5.41) is 0.622. The van der Waals surface area contributed by atoms with E-state index in [1.807, 2.05) is 37.3 Å². The number of hydrazine groups is 1. The Kier molecular flexibility index (Phi) is 5.07. The van der Waals surface area contributed by atoms with Gasteiger partial charge >= 0.3 is 0 Å². The first-order valence-electron chi connectivity index (χ1n) is 6.54. The summed E-state index contributed by atoms with van der Waals surface area (Å²) in [6.45, 7) is 2.01. The summed E-state index contributed by atoms with van der Waals surface area (Å²) in [6, 6.07) is 11.1. The van der Waals surface area contributed by atoms with Crippen molar-refractivity contribution in [3.8, 4) is 11.5 Å². The fourth-order valence-corrected chi connectivity index (χ4v) is 2.52. The van der Waals surface area contributed by atoms with Crippen molar-refractivity contribution in [2.24, 2.45) is 5.84 Å². The van der Waals surface area contributed by atoms with Crippen LogP contribution in [-0.4, -0.2) is 14.2 Å². The molecule has 5 heteroatoms. The summed E-state index contributed by atoms with van der Waals surface area (Å²) in [5.74, 6) is 7.24. The Hall–Kier alpha value is -1.75. The van der Waals surface area contributed by atoms with E-state index in [9.17, 15) is 0 Å². The standard InChI is InChI=1S/C16H19ClN2O2/c1-10-4-6-12(15(8-10)21-3)16(19-18)13-9-11(17)5-7-14(13)20-2/h4-9,16,19H,18H2,1-3H3. The molecule has 0 heterocycles. The molecule has 112 valence electrons. The van der Waals surface area contributed by atoms with Gasteiger partial charge in [-0.25, -0.2) is 5.43 Å². The van der Waals surface area contributed by atoms with Gasteiger partial charge in [-0.15, -0.1) is 0 Å². The van der Waals surface area contributed by atoms with Gasteiger partial charge in [0.2, 0.25) is 0 Å². The third kappa shape index (κ3) is 3.29. The molecule has 0 saturated carbocycles. The Labute approximate surface area is 129 Å². The SMILES string of the molecule is COc1cc(C)ccc1C(NN)c1cc(Cl)ccc1OC. The van der Waals surface area contributed by atoms with Crippen molar-refractivity contribution in [2.45, 2.75) is 13.0 Å². The Balaban J connectivity index is 2.57. The van der Waals surface area contributed by atoms with Gasteiger partial charge in [0.1, 0.15) is 11.5 Å². The molecule has 21 heavy (non-hydrogen) atoms. The topological polar surface area (TPSA) is 56.5 Å². The molecule has 3 N–H and O–H groups in total. The summed E-state index contributed by atoms with van der Waals surface area (Å²) in [6.07, 6.45) is 0. The second kappa shape index (κ2) is 6.80. The molecule has 2 aromatic rings. The van der Waals surface area contributed by atoms with Gasteiger partial charge in [0, 0.05) is 16.1 Å². The van der Waals surface area contributed by atoms with Gasteiger partial charge in [0.25, 0.3) is 0 Å². The van der Waals surface area contributed by atoms with Crippen molar-refractivity contribution in [1.82, 2.24) is 5.43 Å². The van der Waals surface area contributed by atoms with Gasteiger partial charge in [-0.2, -0.15) is 0 Å². The van der Waals surface area contributed by atoms with Crippen molar-refractivity contribution in [3.63, 3.8) is 0 Å². The van der Waals surface area contributed by atoms with Crippen LogP contribution in [0.25, 0.3) is 0 Å². The van der Waals surface area contributed by atoms with Crippen LogP contribution in [0.5, 0.6) is 11.5 Å². The molecule has 0 aliphatic heterocycles. The third-order valence-corrected chi connectivity index (χ3v) is 3.60. The van der Waals surface area contributed by atoms with E-state index >= 15 is 0 Å². The quantitative estimate of drug-likeness (QED) is 0.658. The molecule has 0 fully saturated rings. The maximum absolute atomic E-state index is 6.11. The molecule has 0 bridgehead atoms. The van der Waals surface area contributed by atoms with Crippen LogP contribution in [0.2, 0.25) is 5.02 Å². The molecule has 1 unspecified atom stereocenters.